The van der Waals surface area contributed by atoms with E-state index in [9.17, 15) is 13.2 Å². The molecule has 1 aromatic carbocycles. The van der Waals surface area contributed by atoms with Crippen LogP contribution in [-0.2, 0) is 6.18 Å². The quantitative estimate of drug-likeness (QED) is 0.697. The molecule has 0 saturated heterocycles. The fraction of sp³-hybridized carbons (Fsp3) is 0.250. The lowest BCUT2D eigenvalue weighted by molar-refractivity contribution is -0.137. The molecule has 0 aliphatic rings. The van der Waals surface area contributed by atoms with Gasteiger partial charge in [0.05, 0.1) is 5.56 Å². The Bertz CT molecular complexity index is 346. The lowest BCUT2D eigenvalue weighted by atomic mass is 10.2. The van der Waals surface area contributed by atoms with E-state index >= 15 is 0 Å². The predicted molar refractivity (Wildman–Crippen MR) is 41.0 cm³/mol. The second-order valence-corrected chi connectivity index (χ2v) is 2.20. The summed E-state index contributed by atoms with van der Waals surface area (Å²) in [5.74, 6) is 0. The van der Waals surface area contributed by atoms with Crippen molar-refractivity contribution >= 4 is 5.69 Å². The summed E-state index contributed by atoms with van der Waals surface area (Å²) in [6, 6.07) is 4.05. The van der Waals surface area contributed by atoms with E-state index in [4.69, 9.17) is 4.11 Å². The molecule has 0 fully saturated rings. The minimum absolute atomic E-state index is 0.0789. The highest BCUT2D eigenvalue weighted by molar-refractivity contribution is 5.45. The molecule has 1 rings (SSSR count). The number of halogens is 3. The molecular formula is C8H8F3N. The van der Waals surface area contributed by atoms with E-state index in [-0.39, 0.29) is 5.69 Å². The van der Waals surface area contributed by atoms with Crippen LogP contribution in [0.25, 0.3) is 0 Å². The number of benzene rings is 1. The van der Waals surface area contributed by atoms with Gasteiger partial charge in [-0.2, -0.15) is 13.2 Å². The molecule has 0 aromatic heterocycles. The topological polar surface area (TPSA) is 12.0 Å². The molecule has 0 aliphatic carbocycles. The summed E-state index contributed by atoms with van der Waals surface area (Å²) < 4.78 is 57.2. The van der Waals surface area contributed by atoms with Crippen molar-refractivity contribution in [3.05, 3.63) is 29.8 Å². The monoisotopic (exact) mass is 178 g/mol. The van der Waals surface area contributed by atoms with Gasteiger partial charge in [0.1, 0.15) is 0 Å². The Morgan fingerprint density at radius 2 is 2.17 bits per heavy atom. The standard InChI is InChI=1S/C8H8F3N/c1-12-7-4-2-3-6(5-7)8(9,10)11/h2-5,12H,1H3/i1D3. The third-order valence-corrected chi connectivity index (χ3v) is 1.33. The van der Waals surface area contributed by atoms with Crippen molar-refractivity contribution in [2.75, 3.05) is 12.3 Å². The Labute approximate surface area is 72.4 Å². The summed E-state index contributed by atoms with van der Waals surface area (Å²) in [6.07, 6.45) is -4.47. The fourth-order valence-corrected chi connectivity index (χ4v) is 0.773. The van der Waals surface area contributed by atoms with Crippen LogP contribution in [0.1, 0.15) is 9.68 Å². The van der Waals surface area contributed by atoms with Gasteiger partial charge in [0, 0.05) is 16.8 Å². The number of rotatable bonds is 1. The van der Waals surface area contributed by atoms with Gasteiger partial charge in [-0.3, -0.25) is 0 Å². The molecular weight excluding hydrogens is 167 g/mol. The van der Waals surface area contributed by atoms with Gasteiger partial charge in [-0.15, -0.1) is 0 Å². The minimum Gasteiger partial charge on any atom is -0.388 e. The molecule has 1 N–H and O–H groups in total. The maximum Gasteiger partial charge on any atom is 0.416 e. The average Bonchev–Trinajstić information content (AvgIpc) is 1.99. The smallest absolute Gasteiger partial charge is 0.388 e. The number of hydrogen-bond acceptors (Lipinski definition) is 1. The van der Waals surface area contributed by atoms with Gasteiger partial charge in [-0.1, -0.05) is 6.07 Å². The molecule has 12 heavy (non-hydrogen) atoms. The van der Waals surface area contributed by atoms with Crippen molar-refractivity contribution in [2.24, 2.45) is 0 Å². The van der Waals surface area contributed by atoms with E-state index < -0.39 is 18.7 Å². The minimum atomic E-state index is -4.47. The number of nitrogens with one attached hydrogen (secondary N) is 1. The summed E-state index contributed by atoms with van der Waals surface area (Å²) >= 11 is 0. The number of anilines is 1. The van der Waals surface area contributed by atoms with Crippen molar-refractivity contribution in [1.82, 2.24) is 0 Å². The summed E-state index contributed by atoms with van der Waals surface area (Å²) in [4.78, 5) is 0. The molecule has 0 spiro atoms. The summed E-state index contributed by atoms with van der Waals surface area (Å²) in [5, 5.41) is 1.99. The summed E-state index contributed by atoms with van der Waals surface area (Å²) in [7, 11) is 0. The molecule has 0 aliphatic heterocycles. The van der Waals surface area contributed by atoms with Crippen molar-refractivity contribution in [3.63, 3.8) is 0 Å². The molecule has 66 valence electrons. The van der Waals surface area contributed by atoms with Gasteiger partial charge in [-0.05, 0) is 18.2 Å². The first-order chi connectivity index (χ1) is 6.68. The molecule has 1 aromatic rings. The maximum atomic E-state index is 12.2. The molecule has 0 unspecified atom stereocenters. The molecule has 4 heteroatoms. The Hall–Kier alpha value is -1.19. The average molecular weight is 178 g/mol. The Balaban J connectivity index is 2.94. The molecule has 0 radical (unpaired) electrons. The Kier molecular flexibility index (Phi) is 1.38. The molecule has 0 heterocycles. The summed E-state index contributed by atoms with van der Waals surface area (Å²) in [5.41, 5.74) is -0.957. The van der Waals surface area contributed by atoms with Gasteiger partial charge < -0.3 is 5.32 Å². The van der Waals surface area contributed by atoms with E-state index in [1.54, 1.807) is 0 Å². The van der Waals surface area contributed by atoms with Gasteiger partial charge >= 0.3 is 6.18 Å². The van der Waals surface area contributed by atoms with Crippen LogP contribution < -0.4 is 5.32 Å². The van der Waals surface area contributed by atoms with Crippen molar-refractivity contribution in [1.29, 1.82) is 0 Å². The zero-order valence-electron chi connectivity index (χ0n) is 8.94. The van der Waals surface area contributed by atoms with Crippen LogP contribution in [0, 0.1) is 0 Å². The van der Waals surface area contributed by atoms with Crippen LogP contribution in [0.4, 0.5) is 18.9 Å². The second kappa shape index (κ2) is 3.05. The van der Waals surface area contributed by atoms with Gasteiger partial charge in [0.25, 0.3) is 0 Å². The number of hydrogen-bond donors (Lipinski definition) is 1. The van der Waals surface area contributed by atoms with Crippen LogP contribution in [0.5, 0.6) is 0 Å². The van der Waals surface area contributed by atoms with Crippen LogP contribution >= 0.6 is 0 Å². The highest BCUT2D eigenvalue weighted by Crippen LogP contribution is 2.30. The molecule has 0 bridgehead atoms. The zero-order chi connectivity index (χ0) is 11.7. The van der Waals surface area contributed by atoms with E-state index in [1.165, 1.54) is 6.07 Å². The third-order valence-electron chi connectivity index (χ3n) is 1.33. The van der Waals surface area contributed by atoms with Gasteiger partial charge in [0.2, 0.25) is 0 Å². The predicted octanol–water partition coefficient (Wildman–Crippen LogP) is 2.75. The summed E-state index contributed by atoms with van der Waals surface area (Å²) in [6.45, 7) is -2.50. The largest absolute Gasteiger partial charge is 0.416 e. The Morgan fingerprint density at radius 3 is 2.75 bits per heavy atom. The third kappa shape index (κ3) is 1.90. The van der Waals surface area contributed by atoms with E-state index in [0.717, 1.165) is 18.2 Å². The molecule has 1 nitrogen and oxygen atoms in total. The van der Waals surface area contributed by atoms with Crippen molar-refractivity contribution < 1.29 is 17.3 Å². The first-order valence-electron chi connectivity index (χ1n) is 4.64. The lowest BCUT2D eigenvalue weighted by Crippen LogP contribution is -2.04. The normalized spacial score (nSPS) is 16.1. The SMILES string of the molecule is [2H]C([2H])([2H])Nc1cccc(C(F)(F)F)c1. The van der Waals surface area contributed by atoms with E-state index in [0.29, 0.717) is 0 Å². The fourth-order valence-electron chi connectivity index (χ4n) is 0.773. The molecule has 0 saturated carbocycles. The first-order valence-corrected chi connectivity index (χ1v) is 3.14. The van der Waals surface area contributed by atoms with Gasteiger partial charge in [0.15, 0.2) is 0 Å². The first kappa shape index (κ1) is 5.45. The highest BCUT2D eigenvalue weighted by atomic mass is 19.4. The van der Waals surface area contributed by atoms with Gasteiger partial charge in [-0.25, -0.2) is 0 Å². The van der Waals surface area contributed by atoms with Crippen molar-refractivity contribution in [3.8, 4) is 0 Å². The molecule has 0 atom stereocenters. The van der Waals surface area contributed by atoms with Crippen LogP contribution in [0.3, 0.4) is 0 Å². The van der Waals surface area contributed by atoms with Crippen LogP contribution in [-0.4, -0.2) is 6.98 Å². The van der Waals surface area contributed by atoms with E-state index in [1.807, 2.05) is 5.32 Å². The number of alkyl halides is 3. The van der Waals surface area contributed by atoms with Crippen LogP contribution in [0.15, 0.2) is 24.3 Å². The maximum absolute atomic E-state index is 12.2. The molecule has 0 amide bonds. The second-order valence-electron chi connectivity index (χ2n) is 2.20. The highest BCUT2D eigenvalue weighted by Gasteiger charge is 2.30. The Morgan fingerprint density at radius 1 is 1.42 bits per heavy atom. The van der Waals surface area contributed by atoms with E-state index in [2.05, 4.69) is 0 Å². The van der Waals surface area contributed by atoms with Crippen molar-refractivity contribution in [2.45, 2.75) is 6.18 Å². The lowest BCUT2D eigenvalue weighted by Gasteiger charge is -2.07. The van der Waals surface area contributed by atoms with Crippen LogP contribution in [0.2, 0.25) is 0 Å². The zero-order valence-corrected chi connectivity index (χ0v) is 5.94.